The molecule has 0 spiro atoms. The maximum atomic E-state index is 12.5. The third kappa shape index (κ3) is 3.56. The van der Waals surface area contributed by atoms with Gasteiger partial charge in [0.05, 0.1) is 11.7 Å². The van der Waals surface area contributed by atoms with Gasteiger partial charge in [0.2, 0.25) is 5.91 Å². The molecule has 0 bridgehead atoms. The van der Waals surface area contributed by atoms with Crippen LogP contribution in [0.3, 0.4) is 0 Å². The van der Waals surface area contributed by atoms with Crippen molar-refractivity contribution < 1.29 is 4.79 Å². The molecule has 2 N–H and O–H groups in total. The third-order valence-electron chi connectivity index (χ3n) is 3.98. The summed E-state index contributed by atoms with van der Waals surface area (Å²) in [5.74, 6) is 0.523. The van der Waals surface area contributed by atoms with Gasteiger partial charge in [0.1, 0.15) is 0 Å². The minimum Gasteiger partial charge on any atom is -0.341 e. The minimum absolute atomic E-state index is 0.0858. The van der Waals surface area contributed by atoms with Crippen molar-refractivity contribution in [2.75, 3.05) is 13.1 Å². The smallest absolute Gasteiger partial charge is 0.242 e. The van der Waals surface area contributed by atoms with Crippen molar-refractivity contribution in [2.45, 2.75) is 51.6 Å². The van der Waals surface area contributed by atoms with Crippen LogP contribution in [-0.4, -0.2) is 44.4 Å². The van der Waals surface area contributed by atoms with E-state index >= 15 is 0 Å². The Hall–Kier alpha value is -1.43. The molecule has 6 heteroatoms. The highest BCUT2D eigenvalue weighted by molar-refractivity contribution is 5.85. The molecule has 1 aliphatic heterocycles. The quantitative estimate of drug-likeness (QED) is 0.873. The standard InChI is InChI=1S/C14H25N5O/c1-3-6-14(2,15)13(20)18-8-4-5-12(10-18)11-19-9-7-16-17-19/h7,9,12H,3-6,8,10-11,15H2,1-2H3. The molecular formula is C14H25N5O. The van der Waals surface area contributed by atoms with Crippen LogP contribution in [0.2, 0.25) is 0 Å². The molecule has 1 aliphatic rings. The number of amides is 1. The monoisotopic (exact) mass is 279 g/mol. The largest absolute Gasteiger partial charge is 0.341 e. The summed E-state index contributed by atoms with van der Waals surface area (Å²) >= 11 is 0. The van der Waals surface area contributed by atoms with E-state index in [0.717, 1.165) is 45.3 Å². The highest BCUT2D eigenvalue weighted by atomic mass is 16.2. The highest BCUT2D eigenvalue weighted by Crippen LogP contribution is 2.21. The Morgan fingerprint density at radius 2 is 2.35 bits per heavy atom. The van der Waals surface area contributed by atoms with Crippen LogP contribution in [0.15, 0.2) is 12.4 Å². The molecular weight excluding hydrogens is 254 g/mol. The predicted octanol–water partition coefficient (Wildman–Crippen LogP) is 1.03. The van der Waals surface area contributed by atoms with Crippen molar-refractivity contribution in [3.05, 3.63) is 12.4 Å². The minimum atomic E-state index is -0.732. The lowest BCUT2D eigenvalue weighted by molar-refractivity contribution is -0.138. The summed E-state index contributed by atoms with van der Waals surface area (Å²) in [6.45, 7) is 6.32. The van der Waals surface area contributed by atoms with Gasteiger partial charge in [-0.25, -0.2) is 0 Å². The number of likely N-dealkylation sites (tertiary alicyclic amines) is 1. The van der Waals surface area contributed by atoms with Gasteiger partial charge in [-0.1, -0.05) is 18.6 Å². The van der Waals surface area contributed by atoms with E-state index in [-0.39, 0.29) is 5.91 Å². The van der Waals surface area contributed by atoms with Crippen LogP contribution in [-0.2, 0) is 11.3 Å². The molecule has 0 aromatic carbocycles. The van der Waals surface area contributed by atoms with Gasteiger partial charge in [-0.2, -0.15) is 0 Å². The van der Waals surface area contributed by atoms with Crippen molar-refractivity contribution in [3.63, 3.8) is 0 Å². The number of carbonyl (C=O) groups excluding carboxylic acids is 1. The molecule has 0 radical (unpaired) electrons. The molecule has 112 valence electrons. The van der Waals surface area contributed by atoms with Gasteiger partial charge in [-0.3, -0.25) is 9.48 Å². The van der Waals surface area contributed by atoms with E-state index < -0.39 is 5.54 Å². The summed E-state index contributed by atoms with van der Waals surface area (Å²) in [5.41, 5.74) is 5.43. The van der Waals surface area contributed by atoms with Crippen molar-refractivity contribution in [1.29, 1.82) is 0 Å². The van der Waals surface area contributed by atoms with Crippen LogP contribution in [0.25, 0.3) is 0 Å². The first-order valence-electron chi connectivity index (χ1n) is 7.45. The summed E-state index contributed by atoms with van der Waals surface area (Å²) in [6, 6.07) is 0. The zero-order valence-corrected chi connectivity index (χ0v) is 12.5. The second-order valence-electron chi connectivity index (χ2n) is 6.05. The molecule has 2 atom stereocenters. The first-order valence-corrected chi connectivity index (χ1v) is 7.45. The van der Waals surface area contributed by atoms with Crippen molar-refractivity contribution >= 4 is 5.91 Å². The zero-order valence-electron chi connectivity index (χ0n) is 12.5. The van der Waals surface area contributed by atoms with Crippen LogP contribution < -0.4 is 5.73 Å². The average Bonchev–Trinajstić information content (AvgIpc) is 2.91. The molecule has 1 amide bonds. The molecule has 2 unspecified atom stereocenters. The van der Waals surface area contributed by atoms with E-state index in [9.17, 15) is 4.79 Å². The highest BCUT2D eigenvalue weighted by Gasteiger charge is 2.34. The number of hydrogen-bond donors (Lipinski definition) is 1. The fourth-order valence-corrected chi connectivity index (χ4v) is 2.98. The third-order valence-corrected chi connectivity index (χ3v) is 3.98. The Balaban J connectivity index is 1.94. The van der Waals surface area contributed by atoms with Gasteiger partial charge < -0.3 is 10.6 Å². The molecule has 1 fully saturated rings. The van der Waals surface area contributed by atoms with Crippen LogP contribution >= 0.6 is 0 Å². The van der Waals surface area contributed by atoms with Crippen molar-refractivity contribution in [1.82, 2.24) is 19.9 Å². The Morgan fingerprint density at radius 1 is 1.55 bits per heavy atom. The van der Waals surface area contributed by atoms with Crippen LogP contribution in [0.5, 0.6) is 0 Å². The number of aromatic nitrogens is 3. The Morgan fingerprint density at radius 3 is 3.00 bits per heavy atom. The SMILES string of the molecule is CCCC(C)(N)C(=O)N1CCCC(Cn2ccnn2)C1. The normalized spacial score (nSPS) is 22.6. The molecule has 0 saturated carbocycles. The summed E-state index contributed by atoms with van der Waals surface area (Å²) in [5, 5.41) is 7.81. The van der Waals surface area contributed by atoms with Gasteiger partial charge >= 0.3 is 0 Å². The molecule has 2 heterocycles. The van der Waals surface area contributed by atoms with Gasteiger partial charge in [-0.15, -0.1) is 5.10 Å². The fourth-order valence-electron chi connectivity index (χ4n) is 2.98. The first kappa shape index (κ1) is 15.0. The van der Waals surface area contributed by atoms with Crippen LogP contribution in [0.1, 0.15) is 39.5 Å². The lowest BCUT2D eigenvalue weighted by Gasteiger charge is -2.37. The average molecular weight is 279 g/mol. The number of nitrogens with zero attached hydrogens (tertiary/aromatic N) is 4. The van der Waals surface area contributed by atoms with Crippen LogP contribution in [0.4, 0.5) is 0 Å². The molecule has 6 nitrogen and oxygen atoms in total. The topological polar surface area (TPSA) is 77.0 Å². The van der Waals surface area contributed by atoms with E-state index in [1.54, 1.807) is 6.20 Å². The number of piperidine rings is 1. The van der Waals surface area contributed by atoms with Crippen LogP contribution in [0, 0.1) is 5.92 Å². The molecule has 20 heavy (non-hydrogen) atoms. The molecule has 2 rings (SSSR count). The number of hydrogen-bond acceptors (Lipinski definition) is 4. The zero-order chi connectivity index (χ0) is 14.6. The van der Waals surface area contributed by atoms with E-state index in [1.807, 2.05) is 22.7 Å². The Bertz CT molecular complexity index is 429. The molecule has 0 aliphatic carbocycles. The molecule has 1 aromatic heterocycles. The predicted molar refractivity (Wildman–Crippen MR) is 76.8 cm³/mol. The summed E-state index contributed by atoms with van der Waals surface area (Å²) in [4.78, 5) is 14.5. The van der Waals surface area contributed by atoms with Gasteiger partial charge in [0.15, 0.2) is 0 Å². The van der Waals surface area contributed by atoms with Crippen molar-refractivity contribution in [2.24, 2.45) is 11.7 Å². The summed E-state index contributed by atoms with van der Waals surface area (Å²) < 4.78 is 1.84. The second kappa shape index (κ2) is 6.35. The van der Waals surface area contributed by atoms with E-state index in [4.69, 9.17) is 5.73 Å². The summed E-state index contributed by atoms with van der Waals surface area (Å²) in [6.07, 6.45) is 7.37. The van der Waals surface area contributed by atoms with E-state index in [0.29, 0.717) is 5.92 Å². The molecule has 1 aromatic rings. The lowest BCUT2D eigenvalue weighted by Crippen LogP contribution is -2.55. The van der Waals surface area contributed by atoms with Gasteiger partial charge in [0, 0.05) is 25.8 Å². The lowest BCUT2D eigenvalue weighted by atomic mass is 9.92. The Labute approximate surface area is 120 Å². The number of rotatable bonds is 5. The summed E-state index contributed by atoms with van der Waals surface area (Å²) in [7, 11) is 0. The van der Waals surface area contributed by atoms with Gasteiger partial charge in [0.25, 0.3) is 0 Å². The van der Waals surface area contributed by atoms with E-state index in [1.165, 1.54) is 0 Å². The second-order valence-corrected chi connectivity index (χ2v) is 6.05. The first-order chi connectivity index (χ1) is 9.53. The molecule has 1 saturated heterocycles. The van der Waals surface area contributed by atoms with Crippen molar-refractivity contribution in [3.8, 4) is 0 Å². The number of carbonyl (C=O) groups is 1. The maximum absolute atomic E-state index is 12.5. The Kier molecular flexibility index (Phi) is 4.75. The van der Waals surface area contributed by atoms with E-state index in [2.05, 4.69) is 17.2 Å². The fraction of sp³-hybridized carbons (Fsp3) is 0.786. The number of nitrogens with two attached hydrogens (primary N) is 1. The maximum Gasteiger partial charge on any atom is 0.242 e. The van der Waals surface area contributed by atoms with Gasteiger partial charge in [-0.05, 0) is 32.1 Å².